The number of ether oxygens (including phenoxy) is 1. The van der Waals surface area contributed by atoms with Crippen LogP contribution < -0.4 is 10.6 Å². The zero-order valence-electron chi connectivity index (χ0n) is 16.3. The molecule has 154 valence electrons. The highest BCUT2D eigenvalue weighted by atomic mass is 127. The number of aliphatic imine (C=N–C) groups is 1. The van der Waals surface area contributed by atoms with Gasteiger partial charge in [0.25, 0.3) is 0 Å². The summed E-state index contributed by atoms with van der Waals surface area (Å²) in [6.45, 7) is 4.67. The van der Waals surface area contributed by atoms with Gasteiger partial charge >= 0.3 is 0 Å². The van der Waals surface area contributed by atoms with Crippen LogP contribution in [0.5, 0.6) is 0 Å². The van der Waals surface area contributed by atoms with Crippen molar-refractivity contribution in [1.82, 2.24) is 25.4 Å². The molecule has 2 N–H and O–H groups in total. The van der Waals surface area contributed by atoms with Crippen LogP contribution in [0, 0.1) is 5.82 Å². The topological polar surface area (TPSA) is 76.4 Å². The zero-order valence-corrected chi connectivity index (χ0v) is 18.7. The van der Waals surface area contributed by atoms with Gasteiger partial charge in [0.2, 0.25) is 0 Å². The van der Waals surface area contributed by atoms with E-state index < -0.39 is 0 Å². The van der Waals surface area contributed by atoms with Gasteiger partial charge in [0.05, 0.1) is 6.54 Å². The third-order valence-corrected chi connectivity index (χ3v) is 4.44. The minimum Gasteiger partial charge on any atom is -0.377 e. The highest BCUT2D eigenvalue weighted by molar-refractivity contribution is 14.0. The van der Waals surface area contributed by atoms with Crippen LogP contribution in [0.1, 0.15) is 30.6 Å². The number of fused-ring (bicyclic) bond motifs is 1. The molecule has 1 aromatic carbocycles. The van der Waals surface area contributed by atoms with E-state index in [-0.39, 0.29) is 35.8 Å². The molecule has 0 radical (unpaired) electrons. The number of hydrogen-bond donors (Lipinski definition) is 2. The van der Waals surface area contributed by atoms with Gasteiger partial charge in [-0.25, -0.2) is 14.1 Å². The summed E-state index contributed by atoms with van der Waals surface area (Å²) in [4.78, 5) is 9.16. The molecule has 1 aliphatic heterocycles. The first-order valence-corrected chi connectivity index (χ1v) is 9.38. The molecule has 1 unspecified atom stereocenters. The van der Waals surface area contributed by atoms with Crippen LogP contribution in [-0.4, -0.2) is 47.0 Å². The maximum Gasteiger partial charge on any atom is 0.191 e. The summed E-state index contributed by atoms with van der Waals surface area (Å²) < 4.78 is 20.1. The van der Waals surface area contributed by atoms with Crippen LogP contribution in [0.4, 0.5) is 4.39 Å². The van der Waals surface area contributed by atoms with E-state index >= 15 is 0 Å². The van der Waals surface area contributed by atoms with Gasteiger partial charge in [-0.3, -0.25) is 4.99 Å². The number of aromatic nitrogens is 3. The number of halogens is 2. The molecule has 0 saturated carbocycles. The molecule has 9 heteroatoms. The normalized spacial score (nSPS) is 16.2. The van der Waals surface area contributed by atoms with Crippen molar-refractivity contribution in [2.45, 2.75) is 45.4 Å². The highest BCUT2D eigenvalue weighted by Crippen LogP contribution is 2.13. The van der Waals surface area contributed by atoms with E-state index in [1.807, 2.05) is 11.6 Å². The number of nitrogens with one attached hydrogen (secondary N) is 2. The Hall–Kier alpha value is -1.75. The average Bonchev–Trinajstić information content (AvgIpc) is 3.05. The van der Waals surface area contributed by atoms with Gasteiger partial charge in [-0.05, 0) is 37.5 Å². The number of benzene rings is 1. The number of guanidine groups is 1. The van der Waals surface area contributed by atoms with Crippen LogP contribution in [-0.2, 0) is 30.7 Å². The quantitative estimate of drug-likeness (QED) is 0.345. The molecule has 2 aromatic rings. The van der Waals surface area contributed by atoms with Crippen LogP contribution >= 0.6 is 24.0 Å². The molecule has 28 heavy (non-hydrogen) atoms. The Morgan fingerprint density at radius 1 is 1.36 bits per heavy atom. The monoisotopic (exact) mass is 502 g/mol. The van der Waals surface area contributed by atoms with E-state index in [1.165, 1.54) is 12.1 Å². The first kappa shape index (κ1) is 22.5. The van der Waals surface area contributed by atoms with E-state index in [4.69, 9.17) is 4.74 Å². The summed E-state index contributed by atoms with van der Waals surface area (Å²) in [5, 5.41) is 11.3. The molecule has 0 saturated heterocycles. The first-order valence-electron chi connectivity index (χ1n) is 9.38. The molecule has 7 nitrogen and oxygen atoms in total. The molecule has 3 rings (SSSR count). The molecule has 0 aliphatic carbocycles. The lowest BCUT2D eigenvalue weighted by molar-refractivity contribution is 0.177. The molecule has 1 aromatic heterocycles. The maximum absolute atomic E-state index is 13.0. The van der Waals surface area contributed by atoms with Crippen molar-refractivity contribution < 1.29 is 9.13 Å². The molecule has 0 bridgehead atoms. The summed E-state index contributed by atoms with van der Waals surface area (Å²) in [5.41, 5.74) is 1.08. The van der Waals surface area contributed by atoms with Gasteiger partial charge in [0, 0.05) is 32.7 Å². The zero-order chi connectivity index (χ0) is 19.1. The van der Waals surface area contributed by atoms with E-state index in [1.54, 1.807) is 19.2 Å². The van der Waals surface area contributed by atoms with Gasteiger partial charge in [0.1, 0.15) is 18.2 Å². The molecular formula is C19H28FIN6O. The Morgan fingerprint density at radius 2 is 2.14 bits per heavy atom. The fourth-order valence-electron chi connectivity index (χ4n) is 3.13. The predicted octanol–water partition coefficient (Wildman–Crippen LogP) is 2.29. The van der Waals surface area contributed by atoms with Crippen molar-refractivity contribution in [3.63, 3.8) is 0 Å². The molecular weight excluding hydrogens is 474 g/mol. The molecule has 1 aliphatic rings. The van der Waals surface area contributed by atoms with E-state index in [9.17, 15) is 4.39 Å². The minimum absolute atomic E-state index is 0. The molecule has 0 amide bonds. The van der Waals surface area contributed by atoms with E-state index in [0.717, 1.165) is 55.5 Å². The fourth-order valence-corrected chi connectivity index (χ4v) is 3.13. The van der Waals surface area contributed by atoms with Crippen molar-refractivity contribution in [3.05, 3.63) is 47.3 Å². The molecule has 1 atom stereocenters. The minimum atomic E-state index is -0.212. The van der Waals surface area contributed by atoms with E-state index in [2.05, 4.69) is 25.7 Å². The van der Waals surface area contributed by atoms with Crippen molar-refractivity contribution in [1.29, 1.82) is 0 Å². The van der Waals surface area contributed by atoms with Crippen LogP contribution in [0.25, 0.3) is 0 Å². The van der Waals surface area contributed by atoms with Gasteiger partial charge < -0.3 is 15.4 Å². The highest BCUT2D eigenvalue weighted by Gasteiger charge is 2.22. The van der Waals surface area contributed by atoms with Crippen molar-refractivity contribution in [3.8, 4) is 0 Å². The first-order chi connectivity index (χ1) is 13.2. The lowest BCUT2D eigenvalue weighted by Crippen LogP contribution is -2.47. The number of hydrogen-bond acceptors (Lipinski definition) is 4. The molecule has 2 heterocycles. The number of aryl methyl sites for hydroxylation is 1. The Morgan fingerprint density at radius 3 is 2.86 bits per heavy atom. The second kappa shape index (κ2) is 11.3. The lowest BCUT2D eigenvalue weighted by Gasteiger charge is -2.25. The lowest BCUT2D eigenvalue weighted by atomic mass is 10.1. The van der Waals surface area contributed by atoms with Crippen LogP contribution in [0.2, 0.25) is 0 Å². The third kappa shape index (κ3) is 6.40. The summed E-state index contributed by atoms with van der Waals surface area (Å²) in [5.74, 6) is 2.33. The summed E-state index contributed by atoms with van der Waals surface area (Å²) in [7, 11) is 1.65. The van der Waals surface area contributed by atoms with Gasteiger partial charge in [-0.1, -0.05) is 12.1 Å². The largest absolute Gasteiger partial charge is 0.377 e. The van der Waals surface area contributed by atoms with Crippen molar-refractivity contribution in [2.24, 2.45) is 4.99 Å². The van der Waals surface area contributed by atoms with E-state index in [0.29, 0.717) is 13.2 Å². The average molecular weight is 502 g/mol. The van der Waals surface area contributed by atoms with Gasteiger partial charge in [-0.15, -0.1) is 24.0 Å². The summed E-state index contributed by atoms with van der Waals surface area (Å²) in [6.07, 6.45) is 2.63. The summed E-state index contributed by atoms with van der Waals surface area (Å²) in [6, 6.07) is 6.82. The van der Waals surface area contributed by atoms with Crippen LogP contribution in [0.3, 0.4) is 0 Å². The Kier molecular flexibility index (Phi) is 9.10. The molecule has 0 spiro atoms. The molecule has 0 fully saturated rings. The SMILES string of the molecule is CCNC(=NCCc1ccc(F)cc1)NC1CCc2nc(COC)nn2C1.I. The smallest absolute Gasteiger partial charge is 0.191 e. The second-order valence-corrected chi connectivity index (χ2v) is 6.58. The number of nitrogens with zero attached hydrogens (tertiary/aromatic N) is 4. The Bertz CT molecular complexity index is 764. The number of rotatable bonds is 7. The van der Waals surface area contributed by atoms with Gasteiger partial charge in [-0.2, -0.15) is 5.10 Å². The maximum atomic E-state index is 13.0. The standard InChI is InChI=1S/C19H27FN6O.HI/c1-3-21-19(22-11-10-14-4-6-15(20)7-5-14)23-16-8-9-18-24-17(13-27-2)25-26(18)12-16;/h4-7,16H,3,8-13H2,1-2H3,(H2,21,22,23);1H. The Labute approximate surface area is 182 Å². The predicted molar refractivity (Wildman–Crippen MR) is 117 cm³/mol. The van der Waals surface area contributed by atoms with Gasteiger partial charge in [0.15, 0.2) is 11.8 Å². The van der Waals surface area contributed by atoms with Crippen LogP contribution in [0.15, 0.2) is 29.3 Å². The third-order valence-electron chi connectivity index (χ3n) is 4.44. The summed E-state index contributed by atoms with van der Waals surface area (Å²) >= 11 is 0. The van der Waals surface area contributed by atoms with Crippen molar-refractivity contribution >= 4 is 29.9 Å². The fraction of sp³-hybridized carbons (Fsp3) is 0.526. The van der Waals surface area contributed by atoms with Crippen molar-refractivity contribution in [2.75, 3.05) is 20.2 Å². The Balaban J connectivity index is 0.00000280. The second-order valence-electron chi connectivity index (χ2n) is 6.58. The number of methoxy groups -OCH3 is 1.